The van der Waals surface area contributed by atoms with E-state index in [-0.39, 0.29) is 26.9 Å². The minimum atomic E-state index is -1.99. The molecular formula is C26H37BrP2. The number of rotatable bonds is 10. The monoisotopic (exact) mass is 490 g/mol. The summed E-state index contributed by atoms with van der Waals surface area (Å²) in [5.41, 5.74) is 0. The molecule has 0 aliphatic heterocycles. The molecule has 0 amide bonds. The first kappa shape index (κ1) is 26.0. The third-order valence-corrected chi connectivity index (χ3v) is 10.8. The number of halogens is 1. The van der Waals surface area contributed by atoms with E-state index in [2.05, 4.69) is 97.9 Å². The van der Waals surface area contributed by atoms with E-state index in [0.29, 0.717) is 0 Å². The predicted molar refractivity (Wildman–Crippen MR) is 146 cm³/mol. The van der Waals surface area contributed by atoms with Gasteiger partial charge in [0.2, 0.25) is 0 Å². The number of hydrogen-bond acceptors (Lipinski definition) is 0. The summed E-state index contributed by atoms with van der Waals surface area (Å²) < 4.78 is 0. The second kappa shape index (κ2) is 14.1. The second-order valence-corrected chi connectivity index (χ2v) is 11.6. The third-order valence-electron chi connectivity index (χ3n) is 5.71. The summed E-state index contributed by atoms with van der Waals surface area (Å²) in [6, 6.07) is 33.9. The maximum atomic E-state index is 2.36. The maximum Gasteiger partial charge on any atom is -0.153 e. The van der Waals surface area contributed by atoms with Gasteiger partial charge in [0.1, 0.15) is 0 Å². The molecule has 0 nitrogen and oxygen atoms in total. The normalized spacial score (nSPS) is 11.2. The van der Waals surface area contributed by atoms with Crippen molar-refractivity contribution in [3.63, 3.8) is 0 Å². The average molecular weight is 491 g/mol. The van der Waals surface area contributed by atoms with Gasteiger partial charge in [0, 0.05) is 0 Å². The van der Waals surface area contributed by atoms with Crippen molar-refractivity contribution in [3.8, 4) is 0 Å². The zero-order valence-corrected chi connectivity index (χ0v) is 21.9. The molecule has 3 rings (SSSR count). The fourth-order valence-electron chi connectivity index (χ4n) is 4.27. The van der Waals surface area contributed by atoms with Gasteiger partial charge in [-0.25, -0.2) is 0 Å². The van der Waals surface area contributed by atoms with Crippen LogP contribution in [-0.4, -0.2) is 6.16 Å². The minimum Gasteiger partial charge on any atom is -0.153 e. The topological polar surface area (TPSA) is 0 Å². The number of unbranched alkanes of at least 4 members (excludes halogenated alkanes) is 5. The first-order valence-corrected chi connectivity index (χ1v) is 12.7. The number of benzene rings is 3. The van der Waals surface area contributed by atoms with Gasteiger partial charge in [0.05, 0.1) is 0 Å². The van der Waals surface area contributed by atoms with E-state index in [0.717, 1.165) is 0 Å². The molecule has 158 valence electrons. The van der Waals surface area contributed by atoms with Crippen LogP contribution in [0.2, 0.25) is 0 Å². The summed E-state index contributed by atoms with van der Waals surface area (Å²) in [7, 11) is -1.99. The van der Waals surface area contributed by atoms with E-state index in [9.17, 15) is 0 Å². The standard InChI is InChI=1S/C26H33P.BrH.H3P/c1-2-3-4-5-6-16-23-27(24-17-10-7-11-18-24,25-19-12-8-13-20-25)26-21-14-9-15-22-26;;/h7-15,17-22,27H,2-6,16,23H2,1H3;1H;1H3. The van der Waals surface area contributed by atoms with Crippen molar-refractivity contribution in [1.29, 1.82) is 0 Å². The summed E-state index contributed by atoms with van der Waals surface area (Å²) in [6.07, 6.45) is 9.39. The van der Waals surface area contributed by atoms with Crippen molar-refractivity contribution in [1.82, 2.24) is 0 Å². The molecule has 0 spiro atoms. The van der Waals surface area contributed by atoms with Crippen molar-refractivity contribution in [3.05, 3.63) is 91.0 Å². The molecule has 0 radical (unpaired) electrons. The summed E-state index contributed by atoms with van der Waals surface area (Å²) in [4.78, 5) is 0. The molecule has 0 saturated carbocycles. The molecule has 1 atom stereocenters. The molecule has 0 aliphatic rings. The molecule has 0 aliphatic carbocycles. The summed E-state index contributed by atoms with van der Waals surface area (Å²) in [6.45, 7) is 2.29. The van der Waals surface area contributed by atoms with Gasteiger partial charge in [-0.1, -0.05) is 0 Å². The van der Waals surface area contributed by atoms with E-state index in [1.54, 1.807) is 0 Å². The van der Waals surface area contributed by atoms with Gasteiger partial charge < -0.3 is 0 Å². The minimum absolute atomic E-state index is 0. The van der Waals surface area contributed by atoms with E-state index in [1.807, 2.05) is 0 Å². The van der Waals surface area contributed by atoms with Gasteiger partial charge >= 0.3 is 166 Å². The van der Waals surface area contributed by atoms with Crippen molar-refractivity contribution in [2.24, 2.45) is 0 Å². The van der Waals surface area contributed by atoms with Gasteiger partial charge in [-0.2, -0.15) is 9.90 Å². The Morgan fingerprint density at radius 3 is 1.24 bits per heavy atom. The smallest absolute Gasteiger partial charge is 0.153 e. The van der Waals surface area contributed by atoms with E-state index < -0.39 is 7.26 Å². The van der Waals surface area contributed by atoms with Crippen LogP contribution in [0.25, 0.3) is 0 Å². The average Bonchev–Trinajstić information content (AvgIpc) is 2.75. The SMILES string of the molecule is Br.CCCCCCCC[PH](c1ccccc1)(c1ccccc1)c1ccccc1.P. The molecule has 3 aromatic rings. The second-order valence-electron chi connectivity index (χ2n) is 7.52. The molecule has 0 aromatic heterocycles. The van der Waals surface area contributed by atoms with Crippen LogP contribution in [-0.2, 0) is 0 Å². The molecule has 0 bridgehead atoms. The Labute approximate surface area is 192 Å². The van der Waals surface area contributed by atoms with Crippen LogP contribution in [0.1, 0.15) is 45.4 Å². The van der Waals surface area contributed by atoms with E-state index in [4.69, 9.17) is 0 Å². The van der Waals surface area contributed by atoms with Crippen LogP contribution in [0, 0.1) is 0 Å². The fraction of sp³-hybridized carbons (Fsp3) is 0.308. The van der Waals surface area contributed by atoms with Crippen LogP contribution < -0.4 is 15.9 Å². The molecule has 0 saturated heterocycles. The van der Waals surface area contributed by atoms with Crippen LogP contribution in [0.4, 0.5) is 0 Å². The maximum absolute atomic E-state index is 2.36. The molecular weight excluding hydrogens is 454 g/mol. The van der Waals surface area contributed by atoms with E-state index >= 15 is 0 Å². The zero-order valence-electron chi connectivity index (χ0n) is 17.7. The molecule has 0 fully saturated rings. The Morgan fingerprint density at radius 2 is 0.862 bits per heavy atom. The van der Waals surface area contributed by atoms with Crippen LogP contribution in [0.5, 0.6) is 0 Å². The molecule has 3 heteroatoms. The van der Waals surface area contributed by atoms with Gasteiger partial charge in [0.15, 0.2) is 0 Å². The molecule has 1 unspecified atom stereocenters. The van der Waals surface area contributed by atoms with Crippen molar-refractivity contribution in [2.45, 2.75) is 45.4 Å². The van der Waals surface area contributed by atoms with Gasteiger partial charge in [0.25, 0.3) is 0 Å². The van der Waals surface area contributed by atoms with Crippen LogP contribution in [0.3, 0.4) is 0 Å². The van der Waals surface area contributed by atoms with Crippen LogP contribution >= 0.6 is 34.1 Å². The summed E-state index contributed by atoms with van der Waals surface area (Å²) in [5, 5.41) is 4.61. The van der Waals surface area contributed by atoms with Crippen LogP contribution in [0.15, 0.2) is 91.0 Å². The van der Waals surface area contributed by atoms with Gasteiger partial charge in [-0.15, -0.1) is 17.0 Å². The van der Waals surface area contributed by atoms with E-state index in [1.165, 1.54) is 60.6 Å². The Morgan fingerprint density at radius 1 is 0.517 bits per heavy atom. The molecule has 3 aromatic carbocycles. The Bertz CT molecular complexity index is 679. The molecule has 0 N–H and O–H groups in total. The van der Waals surface area contributed by atoms with Crippen molar-refractivity contribution in [2.75, 3.05) is 6.16 Å². The molecule has 29 heavy (non-hydrogen) atoms. The fourth-order valence-corrected chi connectivity index (χ4v) is 9.20. The number of hydrogen-bond donors (Lipinski definition) is 0. The van der Waals surface area contributed by atoms with Gasteiger partial charge in [-0.3, -0.25) is 0 Å². The predicted octanol–water partition coefficient (Wildman–Crippen LogP) is 6.71. The summed E-state index contributed by atoms with van der Waals surface area (Å²) in [5.74, 6) is 0. The van der Waals surface area contributed by atoms with Crippen molar-refractivity contribution >= 4 is 50.1 Å². The first-order chi connectivity index (χ1) is 13.4. The van der Waals surface area contributed by atoms with Gasteiger partial charge in [-0.05, 0) is 0 Å². The third kappa shape index (κ3) is 6.75. The van der Waals surface area contributed by atoms with Crippen molar-refractivity contribution < 1.29 is 0 Å². The largest absolute Gasteiger partial charge is 0.153 e. The summed E-state index contributed by atoms with van der Waals surface area (Å²) >= 11 is 0. The Hall–Kier alpha value is -1.000. The quantitative estimate of drug-likeness (QED) is 0.219. The first-order valence-electron chi connectivity index (χ1n) is 10.5. The molecule has 0 heterocycles. The zero-order chi connectivity index (χ0) is 18.8. The Kier molecular flexibility index (Phi) is 12.6. The Balaban J connectivity index is 0.00000210.